The van der Waals surface area contributed by atoms with Crippen LogP contribution in [0.1, 0.15) is 26.7 Å². The van der Waals surface area contributed by atoms with E-state index in [0.717, 1.165) is 12.8 Å². The molecule has 0 fully saturated rings. The first-order valence-corrected chi connectivity index (χ1v) is 6.03. The van der Waals surface area contributed by atoms with Crippen LogP contribution in [0.15, 0.2) is 10.8 Å². The lowest BCUT2D eigenvalue weighted by Crippen LogP contribution is -2.41. The Labute approximate surface area is 104 Å². The van der Waals surface area contributed by atoms with Gasteiger partial charge in [0.2, 0.25) is 0 Å². The largest absolute Gasteiger partial charge is 0.394 e. The van der Waals surface area contributed by atoms with Gasteiger partial charge in [-0.15, -0.1) is 0 Å². The second-order valence-corrected chi connectivity index (χ2v) is 4.49. The lowest BCUT2D eigenvalue weighted by atomic mass is 9.94. The molecule has 90 valence electrons. The first-order valence-electron chi connectivity index (χ1n) is 5.23. The molecule has 1 aromatic rings. The highest BCUT2D eigenvalue weighted by Gasteiger charge is 2.26. The van der Waals surface area contributed by atoms with Crippen molar-refractivity contribution in [3.05, 3.63) is 10.8 Å². The summed E-state index contributed by atoms with van der Waals surface area (Å²) < 4.78 is 0.634. The molecule has 0 saturated heterocycles. The number of aromatic nitrogens is 2. The van der Waals surface area contributed by atoms with Crippen LogP contribution in [0.5, 0.6) is 0 Å². The van der Waals surface area contributed by atoms with Gasteiger partial charge >= 0.3 is 0 Å². The van der Waals surface area contributed by atoms with Gasteiger partial charge in [-0.05, 0) is 28.8 Å². The number of hydrogen-bond acceptors (Lipinski definition) is 5. The molecule has 1 rings (SSSR count). The Morgan fingerprint density at radius 2 is 2.06 bits per heavy atom. The van der Waals surface area contributed by atoms with Crippen LogP contribution >= 0.6 is 15.9 Å². The summed E-state index contributed by atoms with van der Waals surface area (Å²) in [5, 5.41) is 12.7. The third kappa shape index (κ3) is 2.62. The molecule has 16 heavy (non-hydrogen) atoms. The molecule has 0 spiro atoms. The van der Waals surface area contributed by atoms with Crippen LogP contribution in [0.25, 0.3) is 0 Å². The average molecular weight is 289 g/mol. The number of nitrogens with zero attached hydrogens (tertiary/aromatic N) is 2. The third-order valence-corrected chi connectivity index (χ3v) is 3.64. The quantitative estimate of drug-likeness (QED) is 0.769. The van der Waals surface area contributed by atoms with Crippen LogP contribution in [0.2, 0.25) is 0 Å². The zero-order valence-electron chi connectivity index (χ0n) is 9.50. The maximum Gasteiger partial charge on any atom is 0.146 e. The Balaban J connectivity index is 2.98. The number of aliphatic hydroxyl groups excluding tert-OH is 1. The minimum Gasteiger partial charge on any atom is -0.394 e. The van der Waals surface area contributed by atoms with Gasteiger partial charge in [-0.2, -0.15) is 0 Å². The molecule has 0 aliphatic carbocycles. The van der Waals surface area contributed by atoms with Gasteiger partial charge in [-0.25, -0.2) is 9.97 Å². The summed E-state index contributed by atoms with van der Waals surface area (Å²) in [6.07, 6.45) is 3.00. The van der Waals surface area contributed by atoms with Crippen molar-refractivity contribution in [3.63, 3.8) is 0 Å². The fourth-order valence-electron chi connectivity index (χ4n) is 1.41. The maximum atomic E-state index is 9.45. The summed E-state index contributed by atoms with van der Waals surface area (Å²) >= 11 is 3.33. The molecule has 0 aromatic carbocycles. The minimum absolute atomic E-state index is 0.0519. The van der Waals surface area contributed by atoms with E-state index < -0.39 is 0 Å². The molecule has 5 nitrogen and oxygen atoms in total. The molecule has 0 unspecified atom stereocenters. The Morgan fingerprint density at radius 3 is 2.56 bits per heavy atom. The van der Waals surface area contributed by atoms with Crippen molar-refractivity contribution in [2.24, 2.45) is 0 Å². The monoisotopic (exact) mass is 288 g/mol. The number of halogens is 1. The van der Waals surface area contributed by atoms with E-state index in [1.165, 1.54) is 6.33 Å². The Bertz CT molecular complexity index is 346. The summed E-state index contributed by atoms with van der Waals surface area (Å²) in [6.45, 7) is 4.09. The summed E-state index contributed by atoms with van der Waals surface area (Å²) in [6, 6.07) is 0. The number of aliphatic hydroxyl groups is 1. The van der Waals surface area contributed by atoms with Crippen molar-refractivity contribution in [2.75, 3.05) is 17.7 Å². The molecular formula is C10H17BrN4O. The summed E-state index contributed by atoms with van der Waals surface area (Å²) in [4.78, 5) is 7.97. The van der Waals surface area contributed by atoms with Crippen molar-refractivity contribution in [1.82, 2.24) is 9.97 Å². The van der Waals surface area contributed by atoms with Crippen molar-refractivity contribution in [2.45, 2.75) is 32.2 Å². The average Bonchev–Trinajstić information content (AvgIpc) is 2.32. The standard InChI is InChI=1S/C10H17BrN4O/c1-3-10(4-2,5-16)15-9-7(11)8(12)13-6-14-9/h6,16H,3-5H2,1-2H3,(H3,12,13,14,15). The van der Waals surface area contributed by atoms with Crippen LogP contribution in [0.4, 0.5) is 11.6 Å². The summed E-state index contributed by atoms with van der Waals surface area (Å²) in [5.74, 6) is 1.00. The topological polar surface area (TPSA) is 84.1 Å². The van der Waals surface area contributed by atoms with Crippen molar-refractivity contribution < 1.29 is 5.11 Å². The number of nitrogens with one attached hydrogen (secondary N) is 1. The van der Waals surface area contributed by atoms with Crippen molar-refractivity contribution >= 4 is 27.6 Å². The van der Waals surface area contributed by atoms with Gasteiger partial charge < -0.3 is 16.2 Å². The second-order valence-electron chi connectivity index (χ2n) is 3.69. The Kier molecular flexibility index (Phi) is 4.49. The van der Waals surface area contributed by atoms with E-state index in [9.17, 15) is 5.11 Å². The molecule has 0 radical (unpaired) electrons. The maximum absolute atomic E-state index is 9.45. The van der Waals surface area contributed by atoms with E-state index in [2.05, 4.69) is 31.2 Å². The van der Waals surface area contributed by atoms with Crippen LogP contribution in [-0.4, -0.2) is 27.2 Å². The smallest absolute Gasteiger partial charge is 0.146 e. The number of anilines is 2. The summed E-state index contributed by atoms with van der Waals surface area (Å²) in [5.41, 5.74) is 5.31. The molecule has 4 N–H and O–H groups in total. The molecule has 0 saturated carbocycles. The number of rotatable bonds is 5. The van der Waals surface area contributed by atoms with E-state index in [1.54, 1.807) is 0 Å². The molecule has 0 amide bonds. The highest BCUT2D eigenvalue weighted by atomic mass is 79.9. The molecule has 0 aliphatic heterocycles. The van der Waals surface area contributed by atoms with Gasteiger partial charge in [-0.3, -0.25) is 0 Å². The molecule has 0 aliphatic rings. The highest BCUT2D eigenvalue weighted by Crippen LogP contribution is 2.28. The highest BCUT2D eigenvalue weighted by molar-refractivity contribution is 9.10. The zero-order valence-corrected chi connectivity index (χ0v) is 11.1. The van der Waals surface area contributed by atoms with Crippen LogP contribution in [0.3, 0.4) is 0 Å². The molecule has 1 heterocycles. The third-order valence-electron chi connectivity index (χ3n) is 2.86. The fourth-order valence-corrected chi connectivity index (χ4v) is 1.72. The SMILES string of the molecule is CCC(CC)(CO)Nc1ncnc(N)c1Br. The molecule has 1 aromatic heterocycles. The first-order chi connectivity index (χ1) is 7.58. The first kappa shape index (κ1) is 13.2. The van der Waals surface area contributed by atoms with E-state index in [-0.39, 0.29) is 12.1 Å². The van der Waals surface area contributed by atoms with Crippen molar-refractivity contribution in [3.8, 4) is 0 Å². The zero-order chi connectivity index (χ0) is 12.2. The minimum atomic E-state index is -0.358. The molecule has 0 atom stereocenters. The van der Waals surface area contributed by atoms with Crippen LogP contribution in [0, 0.1) is 0 Å². The second kappa shape index (κ2) is 5.45. The predicted octanol–water partition coefficient (Wildman–Crippen LogP) is 1.78. The Hall–Kier alpha value is -0.880. The van der Waals surface area contributed by atoms with Gasteiger partial charge in [0, 0.05) is 0 Å². The lowest BCUT2D eigenvalue weighted by Gasteiger charge is -2.31. The number of nitrogens with two attached hydrogens (primary N) is 1. The van der Waals surface area contributed by atoms with E-state index in [1.807, 2.05) is 13.8 Å². The van der Waals surface area contributed by atoms with Gasteiger partial charge in [0.1, 0.15) is 22.4 Å². The normalized spacial score (nSPS) is 11.5. The predicted molar refractivity (Wildman–Crippen MR) is 68.2 cm³/mol. The Morgan fingerprint density at radius 1 is 1.44 bits per heavy atom. The molecule has 0 bridgehead atoms. The van der Waals surface area contributed by atoms with Crippen LogP contribution < -0.4 is 11.1 Å². The van der Waals surface area contributed by atoms with Crippen LogP contribution in [-0.2, 0) is 0 Å². The lowest BCUT2D eigenvalue weighted by molar-refractivity contribution is 0.202. The van der Waals surface area contributed by atoms with Gasteiger partial charge in [0.15, 0.2) is 0 Å². The number of nitrogen functional groups attached to an aromatic ring is 1. The van der Waals surface area contributed by atoms with Gasteiger partial charge in [0.05, 0.1) is 12.1 Å². The number of hydrogen-bond donors (Lipinski definition) is 3. The molecule has 6 heteroatoms. The fraction of sp³-hybridized carbons (Fsp3) is 0.600. The van der Waals surface area contributed by atoms with Gasteiger partial charge in [0.25, 0.3) is 0 Å². The van der Waals surface area contributed by atoms with E-state index in [4.69, 9.17) is 5.73 Å². The molecular weight excluding hydrogens is 272 g/mol. The van der Waals surface area contributed by atoms with E-state index in [0.29, 0.717) is 16.1 Å². The summed E-state index contributed by atoms with van der Waals surface area (Å²) in [7, 11) is 0. The van der Waals surface area contributed by atoms with Crippen molar-refractivity contribution in [1.29, 1.82) is 0 Å². The van der Waals surface area contributed by atoms with E-state index >= 15 is 0 Å². The van der Waals surface area contributed by atoms with Gasteiger partial charge in [-0.1, -0.05) is 13.8 Å².